The molecule has 0 radical (unpaired) electrons. The van der Waals surface area contributed by atoms with E-state index in [1.807, 2.05) is 12.1 Å². The van der Waals surface area contributed by atoms with Crippen molar-refractivity contribution in [3.8, 4) is 0 Å². The summed E-state index contributed by atoms with van der Waals surface area (Å²) < 4.78 is 0. The molecule has 1 amide bonds. The first-order valence-corrected chi connectivity index (χ1v) is 7.74. The molecule has 3 nitrogen and oxygen atoms in total. The van der Waals surface area contributed by atoms with E-state index in [9.17, 15) is 4.79 Å². The highest BCUT2D eigenvalue weighted by Crippen LogP contribution is 2.22. The molecule has 0 aromatic heterocycles. The summed E-state index contributed by atoms with van der Waals surface area (Å²) in [6.45, 7) is 3.01. The van der Waals surface area contributed by atoms with Crippen LogP contribution in [-0.2, 0) is 11.2 Å². The van der Waals surface area contributed by atoms with Crippen LogP contribution >= 0.6 is 23.2 Å². The minimum Gasteiger partial charge on any atom is -0.370 e. The highest BCUT2D eigenvalue weighted by molar-refractivity contribution is 6.34. The Morgan fingerprint density at radius 1 is 1.30 bits per heavy atom. The van der Waals surface area contributed by atoms with Gasteiger partial charge in [-0.05, 0) is 55.5 Å². The minimum atomic E-state index is -0.196. The fraction of sp³-hybridized carbons (Fsp3) is 0.533. The Morgan fingerprint density at radius 2 is 2.00 bits per heavy atom. The Morgan fingerprint density at radius 3 is 2.65 bits per heavy atom. The van der Waals surface area contributed by atoms with E-state index < -0.39 is 0 Å². The highest BCUT2D eigenvalue weighted by atomic mass is 35.5. The fourth-order valence-electron chi connectivity index (χ4n) is 2.85. The zero-order valence-corrected chi connectivity index (χ0v) is 13.0. The number of piperidine rings is 1. The number of nitrogens with zero attached hydrogens (tertiary/aromatic N) is 1. The van der Waals surface area contributed by atoms with Crippen LogP contribution in [0.2, 0.25) is 10.0 Å². The van der Waals surface area contributed by atoms with Crippen LogP contribution in [0.3, 0.4) is 0 Å². The first kappa shape index (κ1) is 15.6. The smallest absolute Gasteiger partial charge is 0.217 e. The monoisotopic (exact) mass is 314 g/mol. The number of carbonyl (C=O) groups excluding carboxylic acids is 1. The predicted octanol–water partition coefficient (Wildman–Crippen LogP) is 3.12. The van der Waals surface area contributed by atoms with E-state index in [2.05, 4.69) is 4.90 Å². The van der Waals surface area contributed by atoms with Crippen LogP contribution in [0.4, 0.5) is 0 Å². The van der Waals surface area contributed by atoms with Crippen molar-refractivity contribution in [2.24, 2.45) is 11.7 Å². The largest absolute Gasteiger partial charge is 0.370 e. The average molecular weight is 315 g/mol. The van der Waals surface area contributed by atoms with Gasteiger partial charge in [0.25, 0.3) is 0 Å². The SMILES string of the molecule is NC(=O)C[C@@H]1CCCN(CCc2cc(Cl)cc(Cl)c2)C1. The molecule has 1 fully saturated rings. The third-order valence-electron chi connectivity index (χ3n) is 3.73. The Hall–Kier alpha value is -0.770. The van der Waals surface area contributed by atoms with Crippen molar-refractivity contribution < 1.29 is 4.79 Å². The summed E-state index contributed by atoms with van der Waals surface area (Å²) in [5, 5.41) is 1.36. The van der Waals surface area contributed by atoms with Gasteiger partial charge < -0.3 is 10.6 Å². The van der Waals surface area contributed by atoms with Gasteiger partial charge in [0.05, 0.1) is 0 Å². The van der Waals surface area contributed by atoms with Crippen LogP contribution in [0, 0.1) is 5.92 Å². The van der Waals surface area contributed by atoms with Gasteiger partial charge in [-0.2, -0.15) is 0 Å². The van der Waals surface area contributed by atoms with Gasteiger partial charge in [0.1, 0.15) is 0 Å². The first-order valence-electron chi connectivity index (χ1n) is 6.98. The summed E-state index contributed by atoms with van der Waals surface area (Å²) in [5.41, 5.74) is 6.43. The molecule has 2 N–H and O–H groups in total. The van der Waals surface area contributed by atoms with Gasteiger partial charge in [-0.3, -0.25) is 4.79 Å². The number of amides is 1. The summed E-state index contributed by atoms with van der Waals surface area (Å²) in [5.74, 6) is 0.211. The van der Waals surface area contributed by atoms with Crippen molar-refractivity contribution in [1.29, 1.82) is 0 Å². The molecule has 5 heteroatoms. The molecule has 1 saturated heterocycles. The molecule has 1 heterocycles. The van der Waals surface area contributed by atoms with Crippen LogP contribution in [0.5, 0.6) is 0 Å². The molecule has 1 aromatic rings. The maximum Gasteiger partial charge on any atom is 0.217 e. The Balaban J connectivity index is 1.85. The van der Waals surface area contributed by atoms with Crippen molar-refractivity contribution in [2.45, 2.75) is 25.7 Å². The molecule has 110 valence electrons. The van der Waals surface area contributed by atoms with Crippen molar-refractivity contribution in [2.75, 3.05) is 19.6 Å². The van der Waals surface area contributed by atoms with Crippen molar-refractivity contribution in [3.63, 3.8) is 0 Å². The molecule has 1 atom stereocenters. The van der Waals surface area contributed by atoms with E-state index in [-0.39, 0.29) is 5.91 Å². The van der Waals surface area contributed by atoms with Gasteiger partial charge >= 0.3 is 0 Å². The Labute approximate surface area is 130 Å². The summed E-state index contributed by atoms with van der Waals surface area (Å²) >= 11 is 12.0. The number of primary amides is 1. The highest BCUT2D eigenvalue weighted by Gasteiger charge is 2.21. The molecule has 1 aliphatic rings. The number of rotatable bonds is 5. The van der Waals surface area contributed by atoms with Crippen LogP contribution in [0.15, 0.2) is 18.2 Å². The molecule has 1 aliphatic heterocycles. The standard InChI is InChI=1S/C15H20Cl2N2O/c16-13-6-11(7-14(17)9-13)3-5-19-4-1-2-12(10-19)8-15(18)20/h6-7,9,12H,1-5,8,10H2,(H2,18,20)/t12-/m0/s1. The van der Waals surface area contributed by atoms with Gasteiger partial charge in [-0.1, -0.05) is 23.2 Å². The third-order valence-corrected chi connectivity index (χ3v) is 4.17. The first-order chi connectivity index (χ1) is 9.52. The molecule has 0 unspecified atom stereocenters. The summed E-state index contributed by atoms with van der Waals surface area (Å²) in [6, 6.07) is 5.66. The van der Waals surface area contributed by atoms with E-state index in [0.29, 0.717) is 22.4 Å². The molecule has 2 rings (SSSR count). The lowest BCUT2D eigenvalue weighted by Gasteiger charge is -2.32. The van der Waals surface area contributed by atoms with Crippen molar-refractivity contribution in [1.82, 2.24) is 4.90 Å². The van der Waals surface area contributed by atoms with Crippen LogP contribution in [0.1, 0.15) is 24.8 Å². The lowest BCUT2D eigenvalue weighted by Crippen LogP contribution is -2.38. The van der Waals surface area contributed by atoms with E-state index in [4.69, 9.17) is 28.9 Å². The number of carbonyl (C=O) groups is 1. The molecule has 0 saturated carbocycles. The lowest BCUT2D eigenvalue weighted by molar-refractivity contribution is -0.119. The third kappa shape index (κ3) is 4.97. The second-order valence-electron chi connectivity index (χ2n) is 5.51. The number of benzene rings is 1. The summed E-state index contributed by atoms with van der Waals surface area (Å²) in [4.78, 5) is 13.4. The van der Waals surface area contributed by atoms with Gasteiger partial charge in [0.2, 0.25) is 5.91 Å². The molecule has 20 heavy (non-hydrogen) atoms. The van der Waals surface area contributed by atoms with Crippen molar-refractivity contribution >= 4 is 29.1 Å². The van der Waals surface area contributed by atoms with Crippen molar-refractivity contribution in [3.05, 3.63) is 33.8 Å². The molecular weight excluding hydrogens is 295 g/mol. The topological polar surface area (TPSA) is 46.3 Å². The maximum absolute atomic E-state index is 11.0. The van der Waals surface area contributed by atoms with Crippen LogP contribution < -0.4 is 5.73 Å². The Bertz CT molecular complexity index is 459. The van der Waals surface area contributed by atoms with E-state index in [1.165, 1.54) is 0 Å². The number of hydrogen-bond acceptors (Lipinski definition) is 2. The van der Waals surface area contributed by atoms with E-state index in [1.54, 1.807) is 6.07 Å². The average Bonchev–Trinajstić information content (AvgIpc) is 2.35. The number of nitrogens with two attached hydrogens (primary N) is 1. The van der Waals surface area contributed by atoms with Crippen LogP contribution in [0.25, 0.3) is 0 Å². The second kappa shape index (κ2) is 7.30. The fourth-order valence-corrected chi connectivity index (χ4v) is 3.42. The minimum absolute atomic E-state index is 0.196. The molecular formula is C15H20Cl2N2O. The quantitative estimate of drug-likeness (QED) is 0.907. The summed E-state index contributed by atoms with van der Waals surface area (Å²) in [7, 11) is 0. The lowest BCUT2D eigenvalue weighted by atomic mass is 9.94. The molecule has 0 bridgehead atoms. The zero-order chi connectivity index (χ0) is 14.5. The second-order valence-corrected chi connectivity index (χ2v) is 6.38. The van der Waals surface area contributed by atoms with Crippen LogP contribution in [-0.4, -0.2) is 30.4 Å². The normalized spacial score (nSPS) is 20.0. The number of hydrogen-bond donors (Lipinski definition) is 1. The number of halogens is 2. The van der Waals surface area contributed by atoms with Gasteiger partial charge in [-0.25, -0.2) is 0 Å². The van der Waals surface area contributed by atoms with Gasteiger partial charge in [0.15, 0.2) is 0 Å². The maximum atomic E-state index is 11.0. The van der Waals surface area contributed by atoms with Gasteiger partial charge in [-0.15, -0.1) is 0 Å². The molecule has 0 aliphatic carbocycles. The number of likely N-dealkylation sites (tertiary alicyclic amines) is 1. The Kier molecular flexibility index (Phi) is 5.70. The zero-order valence-electron chi connectivity index (χ0n) is 11.4. The predicted molar refractivity (Wildman–Crippen MR) is 83.1 cm³/mol. The van der Waals surface area contributed by atoms with E-state index in [0.717, 1.165) is 44.5 Å². The molecule has 0 spiro atoms. The van der Waals surface area contributed by atoms with Gasteiger partial charge in [0, 0.05) is 29.6 Å². The summed E-state index contributed by atoms with van der Waals surface area (Å²) in [6.07, 6.45) is 3.65. The van der Waals surface area contributed by atoms with E-state index >= 15 is 0 Å². The molecule has 1 aromatic carbocycles.